The van der Waals surface area contributed by atoms with Crippen LogP contribution >= 0.6 is 0 Å². The molecule has 1 fully saturated rings. The topological polar surface area (TPSA) is 58.4 Å². The summed E-state index contributed by atoms with van der Waals surface area (Å²) < 4.78 is 1.72. The lowest BCUT2D eigenvalue weighted by Gasteiger charge is -2.43. The molecule has 134 valence electrons. The van der Waals surface area contributed by atoms with Gasteiger partial charge in [0.25, 0.3) is 5.91 Å². The van der Waals surface area contributed by atoms with E-state index in [1.54, 1.807) is 10.9 Å². The third-order valence-electron chi connectivity index (χ3n) is 5.14. The first-order valence-corrected chi connectivity index (χ1v) is 8.99. The summed E-state index contributed by atoms with van der Waals surface area (Å²) in [5.74, 6) is 0.598. The molecule has 0 spiro atoms. The SMILES string of the molecule is CC(C)C[C@@H]1CN(C(=O)c2ccccc2-n2cccn2)CC[C@]1(C)O. The molecule has 1 N–H and O–H groups in total. The predicted molar refractivity (Wildman–Crippen MR) is 97.7 cm³/mol. The fourth-order valence-electron chi connectivity index (χ4n) is 3.64. The summed E-state index contributed by atoms with van der Waals surface area (Å²) >= 11 is 0. The van der Waals surface area contributed by atoms with Crippen LogP contribution in [0.4, 0.5) is 0 Å². The van der Waals surface area contributed by atoms with Crippen molar-refractivity contribution in [2.24, 2.45) is 11.8 Å². The van der Waals surface area contributed by atoms with Crippen LogP contribution < -0.4 is 0 Å². The second-order valence-electron chi connectivity index (χ2n) is 7.65. The Balaban J connectivity index is 1.85. The fraction of sp³-hybridized carbons (Fsp3) is 0.500. The molecule has 2 heterocycles. The van der Waals surface area contributed by atoms with Crippen LogP contribution in [0, 0.1) is 11.8 Å². The minimum atomic E-state index is -0.706. The Morgan fingerprint density at radius 2 is 2.12 bits per heavy atom. The summed E-state index contributed by atoms with van der Waals surface area (Å²) in [6, 6.07) is 9.40. The normalized spacial score (nSPS) is 23.9. The van der Waals surface area contributed by atoms with Crippen molar-refractivity contribution >= 4 is 5.91 Å². The van der Waals surface area contributed by atoms with Gasteiger partial charge in [-0.25, -0.2) is 4.68 Å². The zero-order valence-corrected chi connectivity index (χ0v) is 15.2. The molecule has 1 aliphatic heterocycles. The number of hydrogen-bond donors (Lipinski definition) is 1. The number of carbonyl (C=O) groups is 1. The molecule has 0 aliphatic carbocycles. The number of likely N-dealkylation sites (tertiary alicyclic amines) is 1. The Kier molecular flexibility index (Phi) is 4.95. The number of aliphatic hydroxyl groups is 1. The van der Waals surface area contributed by atoms with Crippen LogP contribution in [0.5, 0.6) is 0 Å². The lowest BCUT2D eigenvalue weighted by Crippen LogP contribution is -2.52. The molecule has 25 heavy (non-hydrogen) atoms. The van der Waals surface area contributed by atoms with Crippen LogP contribution in [0.2, 0.25) is 0 Å². The molecule has 2 atom stereocenters. The number of nitrogens with zero attached hydrogens (tertiary/aromatic N) is 3. The van der Waals surface area contributed by atoms with Crippen LogP contribution in [0.15, 0.2) is 42.7 Å². The first kappa shape index (κ1) is 17.7. The van der Waals surface area contributed by atoms with Gasteiger partial charge in [-0.2, -0.15) is 5.10 Å². The maximum Gasteiger partial charge on any atom is 0.256 e. The van der Waals surface area contributed by atoms with Crippen LogP contribution in [0.25, 0.3) is 5.69 Å². The number of piperidine rings is 1. The number of benzene rings is 1. The predicted octanol–water partition coefficient (Wildman–Crippen LogP) is 3.13. The summed E-state index contributed by atoms with van der Waals surface area (Å²) in [6.45, 7) is 7.39. The van der Waals surface area contributed by atoms with Crippen molar-refractivity contribution in [3.63, 3.8) is 0 Å². The number of amides is 1. The number of carbonyl (C=O) groups excluding carboxylic acids is 1. The third-order valence-corrected chi connectivity index (χ3v) is 5.14. The summed E-state index contributed by atoms with van der Waals surface area (Å²) in [5, 5.41) is 15.0. The van der Waals surface area contributed by atoms with Gasteiger partial charge in [0, 0.05) is 31.4 Å². The minimum absolute atomic E-state index is 0.00959. The van der Waals surface area contributed by atoms with E-state index >= 15 is 0 Å². The molecular formula is C20H27N3O2. The maximum absolute atomic E-state index is 13.2. The summed E-state index contributed by atoms with van der Waals surface area (Å²) in [6.07, 6.45) is 5.07. The smallest absolute Gasteiger partial charge is 0.256 e. The third kappa shape index (κ3) is 3.76. The van der Waals surface area contributed by atoms with Crippen LogP contribution in [0.1, 0.15) is 44.0 Å². The van der Waals surface area contributed by atoms with Gasteiger partial charge in [-0.15, -0.1) is 0 Å². The van der Waals surface area contributed by atoms with Crippen molar-refractivity contribution < 1.29 is 9.90 Å². The minimum Gasteiger partial charge on any atom is -0.390 e. The van der Waals surface area contributed by atoms with Crippen LogP contribution in [-0.2, 0) is 0 Å². The second kappa shape index (κ2) is 7.00. The molecular weight excluding hydrogens is 314 g/mol. The zero-order chi connectivity index (χ0) is 18.0. The van der Waals surface area contributed by atoms with Crippen molar-refractivity contribution in [3.8, 4) is 5.69 Å². The Labute approximate surface area is 149 Å². The molecule has 1 amide bonds. The Hall–Kier alpha value is -2.14. The zero-order valence-electron chi connectivity index (χ0n) is 15.2. The van der Waals surface area contributed by atoms with Crippen molar-refractivity contribution in [1.82, 2.24) is 14.7 Å². The molecule has 1 saturated heterocycles. The average molecular weight is 341 g/mol. The van der Waals surface area contributed by atoms with E-state index in [1.165, 1.54) is 0 Å². The highest BCUT2D eigenvalue weighted by molar-refractivity contribution is 5.97. The van der Waals surface area contributed by atoms with Crippen molar-refractivity contribution in [2.45, 2.75) is 39.2 Å². The maximum atomic E-state index is 13.2. The van der Waals surface area contributed by atoms with E-state index in [1.807, 2.05) is 48.4 Å². The second-order valence-corrected chi connectivity index (χ2v) is 7.65. The highest BCUT2D eigenvalue weighted by Crippen LogP contribution is 2.33. The summed E-state index contributed by atoms with van der Waals surface area (Å²) in [7, 11) is 0. The van der Waals surface area contributed by atoms with Gasteiger partial charge < -0.3 is 10.0 Å². The van der Waals surface area contributed by atoms with E-state index in [4.69, 9.17) is 0 Å². The number of hydrogen-bond acceptors (Lipinski definition) is 3. The van der Waals surface area contributed by atoms with Gasteiger partial charge in [-0.1, -0.05) is 26.0 Å². The van der Waals surface area contributed by atoms with Crippen LogP contribution in [0.3, 0.4) is 0 Å². The first-order chi connectivity index (χ1) is 11.9. The Morgan fingerprint density at radius 3 is 2.80 bits per heavy atom. The van der Waals surface area contributed by atoms with E-state index < -0.39 is 5.60 Å². The molecule has 5 heteroatoms. The molecule has 0 bridgehead atoms. The number of rotatable bonds is 4. The number of aromatic nitrogens is 2. The van der Waals surface area contributed by atoms with Gasteiger partial charge in [-0.05, 0) is 43.9 Å². The lowest BCUT2D eigenvalue weighted by molar-refractivity contribution is -0.0577. The number of para-hydroxylation sites is 1. The standard InChI is InChI=1S/C20H27N3O2/c1-15(2)13-16-14-22(12-9-20(16,3)25)19(24)17-7-4-5-8-18(17)23-11-6-10-21-23/h4-8,10-11,15-16,25H,9,12-14H2,1-3H3/t16-,20+/m1/s1. The first-order valence-electron chi connectivity index (χ1n) is 8.99. The van der Waals surface area contributed by atoms with Gasteiger partial charge in [0.15, 0.2) is 0 Å². The molecule has 3 rings (SSSR count). The molecule has 1 aliphatic rings. The van der Waals surface area contributed by atoms with Gasteiger partial charge in [0.2, 0.25) is 0 Å². The van der Waals surface area contributed by atoms with Gasteiger partial charge in [-0.3, -0.25) is 4.79 Å². The molecule has 0 saturated carbocycles. The quantitative estimate of drug-likeness (QED) is 0.929. The van der Waals surface area contributed by atoms with E-state index in [2.05, 4.69) is 18.9 Å². The molecule has 5 nitrogen and oxygen atoms in total. The van der Waals surface area contributed by atoms with Crippen molar-refractivity contribution in [2.75, 3.05) is 13.1 Å². The van der Waals surface area contributed by atoms with E-state index in [9.17, 15) is 9.90 Å². The van der Waals surface area contributed by atoms with E-state index in [-0.39, 0.29) is 11.8 Å². The monoisotopic (exact) mass is 341 g/mol. The fourth-order valence-corrected chi connectivity index (χ4v) is 3.64. The largest absolute Gasteiger partial charge is 0.390 e. The average Bonchev–Trinajstić information content (AvgIpc) is 3.10. The van der Waals surface area contributed by atoms with Gasteiger partial charge >= 0.3 is 0 Å². The Bertz CT molecular complexity index is 722. The Morgan fingerprint density at radius 1 is 1.36 bits per heavy atom. The van der Waals surface area contributed by atoms with Crippen molar-refractivity contribution in [3.05, 3.63) is 48.3 Å². The van der Waals surface area contributed by atoms with Crippen molar-refractivity contribution in [1.29, 1.82) is 0 Å². The van der Waals surface area contributed by atoms with Crippen LogP contribution in [-0.4, -0.2) is 44.4 Å². The molecule has 1 aromatic heterocycles. The highest BCUT2D eigenvalue weighted by atomic mass is 16.3. The summed E-state index contributed by atoms with van der Waals surface area (Å²) in [5.41, 5.74) is 0.731. The molecule has 0 unspecified atom stereocenters. The van der Waals surface area contributed by atoms with Gasteiger partial charge in [0.1, 0.15) is 0 Å². The van der Waals surface area contributed by atoms with Gasteiger partial charge in [0.05, 0.1) is 16.9 Å². The molecule has 2 aromatic rings. The summed E-state index contributed by atoms with van der Waals surface area (Å²) in [4.78, 5) is 15.0. The molecule has 1 aromatic carbocycles. The lowest BCUT2D eigenvalue weighted by atomic mass is 9.78. The highest BCUT2D eigenvalue weighted by Gasteiger charge is 2.39. The van der Waals surface area contributed by atoms with E-state index in [0.717, 1.165) is 12.1 Å². The molecule has 0 radical (unpaired) electrons. The van der Waals surface area contributed by atoms with E-state index in [0.29, 0.717) is 31.0 Å².